The van der Waals surface area contributed by atoms with Gasteiger partial charge in [-0.05, 0) is 35.4 Å². The summed E-state index contributed by atoms with van der Waals surface area (Å²) in [6, 6.07) is 15.0. The van der Waals surface area contributed by atoms with Gasteiger partial charge in [-0.3, -0.25) is 4.79 Å². The molecule has 2 aromatic rings. The lowest BCUT2D eigenvalue weighted by Crippen LogP contribution is -2.00. The van der Waals surface area contributed by atoms with Crippen LogP contribution >= 0.6 is 15.9 Å². The van der Waals surface area contributed by atoms with Gasteiger partial charge in [-0.25, -0.2) is 0 Å². The summed E-state index contributed by atoms with van der Waals surface area (Å²) in [4.78, 5) is 10.6. The molecule has 0 atom stereocenters. The Hall–Kier alpha value is -1.81. The number of carbonyl (C=O) groups is 1. The fraction of sp³-hybridized carbons (Fsp3) is 0.133. The van der Waals surface area contributed by atoms with Crippen LogP contribution in [0.1, 0.15) is 11.1 Å². The van der Waals surface area contributed by atoms with Gasteiger partial charge in [0.25, 0.3) is 0 Å². The standard InChI is InChI=1S/C15H13BrO3/c16-13-3-1-2-12(8-13)10-19-14-6-4-11(5-7-14)9-15(17)18/h1-8H,9-10H2,(H,17,18). The molecule has 3 nitrogen and oxygen atoms in total. The highest BCUT2D eigenvalue weighted by atomic mass is 79.9. The Balaban J connectivity index is 1.94. The molecule has 0 amide bonds. The molecule has 0 saturated carbocycles. The van der Waals surface area contributed by atoms with Gasteiger partial charge in [0.05, 0.1) is 6.42 Å². The first-order chi connectivity index (χ1) is 9.13. The monoisotopic (exact) mass is 320 g/mol. The first-order valence-corrected chi connectivity index (χ1v) is 6.61. The highest BCUT2D eigenvalue weighted by molar-refractivity contribution is 9.10. The van der Waals surface area contributed by atoms with Crippen LogP contribution in [0, 0.1) is 0 Å². The lowest BCUT2D eigenvalue weighted by molar-refractivity contribution is -0.136. The Morgan fingerprint density at radius 3 is 2.47 bits per heavy atom. The maximum absolute atomic E-state index is 10.6. The Bertz CT molecular complexity index is 564. The van der Waals surface area contributed by atoms with Crippen LogP contribution < -0.4 is 4.74 Å². The van der Waals surface area contributed by atoms with Crippen LogP contribution in [-0.2, 0) is 17.8 Å². The second-order valence-electron chi connectivity index (χ2n) is 4.13. The largest absolute Gasteiger partial charge is 0.489 e. The molecular formula is C15H13BrO3. The zero-order valence-electron chi connectivity index (χ0n) is 10.2. The van der Waals surface area contributed by atoms with E-state index in [1.807, 2.05) is 24.3 Å². The van der Waals surface area contributed by atoms with E-state index in [1.165, 1.54) is 0 Å². The number of ether oxygens (including phenoxy) is 1. The van der Waals surface area contributed by atoms with Gasteiger partial charge < -0.3 is 9.84 Å². The van der Waals surface area contributed by atoms with Crippen LogP contribution in [0.4, 0.5) is 0 Å². The molecule has 4 heteroatoms. The van der Waals surface area contributed by atoms with Crippen molar-refractivity contribution in [2.24, 2.45) is 0 Å². The van der Waals surface area contributed by atoms with Gasteiger partial charge in [-0.1, -0.05) is 40.2 Å². The molecule has 2 aromatic carbocycles. The molecule has 0 bridgehead atoms. The van der Waals surface area contributed by atoms with Crippen molar-refractivity contribution in [3.8, 4) is 5.75 Å². The van der Waals surface area contributed by atoms with E-state index in [2.05, 4.69) is 15.9 Å². The maximum atomic E-state index is 10.6. The fourth-order valence-corrected chi connectivity index (χ4v) is 2.12. The number of halogens is 1. The van der Waals surface area contributed by atoms with Gasteiger partial charge in [-0.2, -0.15) is 0 Å². The van der Waals surface area contributed by atoms with Gasteiger partial charge >= 0.3 is 5.97 Å². The molecule has 0 aliphatic heterocycles. The van der Waals surface area contributed by atoms with E-state index in [0.29, 0.717) is 6.61 Å². The van der Waals surface area contributed by atoms with E-state index < -0.39 is 5.97 Å². The number of carboxylic acid groups (broad SMARTS) is 1. The molecular weight excluding hydrogens is 308 g/mol. The van der Waals surface area contributed by atoms with E-state index in [-0.39, 0.29) is 6.42 Å². The van der Waals surface area contributed by atoms with Gasteiger partial charge in [0.2, 0.25) is 0 Å². The Morgan fingerprint density at radius 1 is 1.11 bits per heavy atom. The van der Waals surface area contributed by atoms with E-state index >= 15 is 0 Å². The van der Waals surface area contributed by atoms with Crippen LogP contribution in [0.25, 0.3) is 0 Å². The number of benzene rings is 2. The van der Waals surface area contributed by atoms with Crippen LogP contribution in [0.15, 0.2) is 53.0 Å². The van der Waals surface area contributed by atoms with Crippen molar-refractivity contribution in [2.45, 2.75) is 13.0 Å². The number of carboxylic acids is 1. The molecule has 2 rings (SSSR count). The molecule has 0 fully saturated rings. The van der Waals surface area contributed by atoms with Crippen LogP contribution in [0.3, 0.4) is 0 Å². The molecule has 0 spiro atoms. The van der Waals surface area contributed by atoms with E-state index in [1.54, 1.807) is 24.3 Å². The van der Waals surface area contributed by atoms with Gasteiger partial charge in [0, 0.05) is 4.47 Å². The van der Waals surface area contributed by atoms with Crippen molar-refractivity contribution in [3.05, 3.63) is 64.1 Å². The molecule has 0 unspecified atom stereocenters. The van der Waals surface area contributed by atoms with Crippen molar-refractivity contribution in [3.63, 3.8) is 0 Å². The summed E-state index contributed by atoms with van der Waals surface area (Å²) < 4.78 is 6.66. The smallest absolute Gasteiger partial charge is 0.307 e. The highest BCUT2D eigenvalue weighted by Crippen LogP contribution is 2.16. The number of aliphatic carboxylic acids is 1. The molecule has 0 aliphatic rings. The molecule has 0 saturated heterocycles. The zero-order chi connectivity index (χ0) is 13.7. The van der Waals surface area contributed by atoms with E-state index in [0.717, 1.165) is 21.3 Å². The summed E-state index contributed by atoms with van der Waals surface area (Å²) in [5, 5.41) is 8.68. The third-order valence-electron chi connectivity index (χ3n) is 2.57. The maximum Gasteiger partial charge on any atom is 0.307 e. The third-order valence-corrected chi connectivity index (χ3v) is 3.07. The lowest BCUT2D eigenvalue weighted by Gasteiger charge is -2.07. The minimum Gasteiger partial charge on any atom is -0.489 e. The molecule has 98 valence electrons. The van der Waals surface area contributed by atoms with Gasteiger partial charge in [-0.15, -0.1) is 0 Å². The van der Waals surface area contributed by atoms with E-state index in [9.17, 15) is 4.79 Å². The average molecular weight is 321 g/mol. The van der Waals surface area contributed by atoms with Crippen molar-refractivity contribution >= 4 is 21.9 Å². The highest BCUT2D eigenvalue weighted by Gasteiger charge is 2.01. The summed E-state index contributed by atoms with van der Waals surface area (Å²) >= 11 is 3.41. The summed E-state index contributed by atoms with van der Waals surface area (Å²) in [5.41, 5.74) is 1.84. The zero-order valence-corrected chi connectivity index (χ0v) is 11.8. The summed E-state index contributed by atoms with van der Waals surface area (Å²) in [6.07, 6.45) is 0.0336. The Labute approximate surface area is 120 Å². The fourth-order valence-electron chi connectivity index (χ4n) is 1.67. The minimum absolute atomic E-state index is 0.0336. The normalized spacial score (nSPS) is 10.2. The topological polar surface area (TPSA) is 46.5 Å². The predicted octanol–water partition coefficient (Wildman–Crippen LogP) is 3.66. The second-order valence-corrected chi connectivity index (χ2v) is 5.05. The lowest BCUT2D eigenvalue weighted by atomic mass is 10.1. The first kappa shape index (κ1) is 13.6. The molecule has 0 radical (unpaired) electrons. The quantitative estimate of drug-likeness (QED) is 0.914. The predicted molar refractivity (Wildman–Crippen MR) is 76.3 cm³/mol. The van der Waals surface area contributed by atoms with Crippen LogP contribution in [0.5, 0.6) is 5.75 Å². The van der Waals surface area contributed by atoms with Crippen molar-refractivity contribution in [1.82, 2.24) is 0 Å². The van der Waals surface area contributed by atoms with Crippen molar-refractivity contribution in [1.29, 1.82) is 0 Å². The molecule has 19 heavy (non-hydrogen) atoms. The van der Waals surface area contributed by atoms with Gasteiger partial charge in [0.15, 0.2) is 0 Å². The summed E-state index contributed by atoms with van der Waals surface area (Å²) in [6.45, 7) is 0.484. The SMILES string of the molecule is O=C(O)Cc1ccc(OCc2cccc(Br)c2)cc1. The Morgan fingerprint density at radius 2 is 1.84 bits per heavy atom. The molecule has 0 aliphatic carbocycles. The van der Waals surface area contributed by atoms with Crippen molar-refractivity contribution in [2.75, 3.05) is 0 Å². The molecule has 1 N–H and O–H groups in total. The third kappa shape index (κ3) is 4.41. The van der Waals surface area contributed by atoms with Crippen LogP contribution in [0.2, 0.25) is 0 Å². The van der Waals surface area contributed by atoms with E-state index in [4.69, 9.17) is 9.84 Å². The number of rotatable bonds is 5. The molecule has 0 heterocycles. The van der Waals surface area contributed by atoms with Crippen molar-refractivity contribution < 1.29 is 14.6 Å². The average Bonchev–Trinajstić information content (AvgIpc) is 2.37. The summed E-state index contributed by atoms with van der Waals surface area (Å²) in [5.74, 6) is -0.100. The Kier molecular flexibility index (Phi) is 4.58. The number of hydrogen-bond acceptors (Lipinski definition) is 2. The second kappa shape index (κ2) is 6.38. The summed E-state index contributed by atoms with van der Waals surface area (Å²) in [7, 11) is 0. The first-order valence-electron chi connectivity index (χ1n) is 5.81. The van der Waals surface area contributed by atoms with Gasteiger partial charge in [0.1, 0.15) is 12.4 Å². The van der Waals surface area contributed by atoms with Crippen LogP contribution in [-0.4, -0.2) is 11.1 Å². The number of hydrogen-bond donors (Lipinski definition) is 1. The minimum atomic E-state index is -0.831. The molecule has 0 aromatic heterocycles.